The van der Waals surface area contributed by atoms with E-state index in [-0.39, 0.29) is 30.1 Å². The summed E-state index contributed by atoms with van der Waals surface area (Å²) >= 11 is 2.62. The van der Waals surface area contributed by atoms with E-state index in [4.69, 9.17) is 0 Å². The summed E-state index contributed by atoms with van der Waals surface area (Å²) in [5, 5.41) is 2.46. The van der Waals surface area contributed by atoms with Gasteiger partial charge in [0.15, 0.2) is 0 Å². The molecule has 150 valence electrons. The van der Waals surface area contributed by atoms with Crippen LogP contribution in [0.2, 0.25) is 0 Å². The SMILES string of the molecule is O=C(CCCSc1ccccc1)NCCN1C(=O)SC(=Cc2cccnc2)C1=O. The lowest BCUT2D eigenvalue weighted by Crippen LogP contribution is -2.37. The average Bonchev–Trinajstić information content (AvgIpc) is 3.00. The molecule has 2 heterocycles. The van der Waals surface area contributed by atoms with Crippen molar-refractivity contribution < 1.29 is 14.4 Å². The quantitative estimate of drug-likeness (QED) is 0.372. The molecule has 1 fully saturated rings. The number of carbonyl (C=O) groups is 3. The van der Waals surface area contributed by atoms with Crippen LogP contribution in [0.25, 0.3) is 6.08 Å². The van der Waals surface area contributed by atoms with Crippen LogP contribution in [0.15, 0.2) is 64.7 Å². The first-order valence-electron chi connectivity index (χ1n) is 9.23. The summed E-state index contributed by atoms with van der Waals surface area (Å²) in [6.07, 6.45) is 6.11. The van der Waals surface area contributed by atoms with Gasteiger partial charge in [0.1, 0.15) is 0 Å². The molecule has 1 aromatic heterocycles. The van der Waals surface area contributed by atoms with Crippen molar-refractivity contribution in [3.8, 4) is 0 Å². The lowest BCUT2D eigenvalue weighted by Gasteiger charge is -2.13. The van der Waals surface area contributed by atoms with Crippen molar-refractivity contribution in [2.45, 2.75) is 17.7 Å². The van der Waals surface area contributed by atoms with Crippen molar-refractivity contribution in [3.05, 3.63) is 65.3 Å². The van der Waals surface area contributed by atoms with Crippen molar-refractivity contribution in [1.29, 1.82) is 0 Å². The number of imide groups is 1. The van der Waals surface area contributed by atoms with E-state index in [1.54, 1.807) is 36.3 Å². The van der Waals surface area contributed by atoms with Gasteiger partial charge >= 0.3 is 0 Å². The van der Waals surface area contributed by atoms with E-state index < -0.39 is 0 Å². The molecule has 1 aliphatic heterocycles. The van der Waals surface area contributed by atoms with E-state index in [0.717, 1.165) is 29.5 Å². The van der Waals surface area contributed by atoms with Gasteiger partial charge in [-0.05, 0) is 53.8 Å². The van der Waals surface area contributed by atoms with Gasteiger partial charge < -0.3 is 5.32 Å². The number of aromatic nitrogens is 1. The van der Waals surface area contributed by atoms with Crippen LogP contribution in [0.3, 0.4) is 0 Å². The lowest BCUT2D eigenvalue weighted by molar-refractivity contribution is -0.124. The number of thioether (sulfide) groups is 2. The largest absolute Gasteiger partial charge is 0.354 e. The molecular weight excluding hydrogens is 406 g/mol. The van der Waals surface area contributed by atoms with Crippen LogP contribution in [-0.2, 0) is 9.59 Å². The number of pyridine rings is 1. The average molecular weight is 428 g/mol. The molecular formula is C21H21N3O3S2. The minimum atomic E-state index is -0.336. The smallest absolute Gasteiger partial charge is 0.293 e. The Kier molecular flexibility index (Phi) is 7.89. The highest BCUT2D eigenvalue weighted by Gasteiger charge is 2.34. The second-order valence-electron chi connectivity index (χ2n) is 6.23. The molecule has 1 aliphatic rings. The molecule has 1 saturated heterocycles. The van der Waals surface area contributed by atoms with Crippen molar-refractivity contribution in [1.82, 2.24) is 15.2 Å². The van der Waals surface area contributed by atoms with Crippen LogP contribution >= 0.6 is 23.5 Å². The van der Waals surface area contributed by atoms with Gasteiger partial charge in [-0.2, -0.15) is 0 Å². The Bertz CT molecular complexity index is 889. The molecule has 0 radical (unpaired) electrons. The topological polar surface area (TPSA) is 79.4 Å². The fourth-order valence-corrected chi connectivity index (χ4v) is 4.38. The first kappa shape index (κ1) is 21.1. The van der Waals surface area contributed by atoms with E-state index in [2.05, 4.69) is 10.3 Å². The zero-order chi connectivity index (χ0) is 20.5. The molecule has 6 nitrogen and oxygen atoms in total. The van der Waals surface area contributed by atoms with E-state index in [9.17, 15) is 14.4 Å². The molecule has 29 heavy (non-hydrogen) atoms. The van der Waals surface area contributed by atoms with Gasteiger partial charge in [0.25, 0.3) is 11.1 Å². The van der Waals surface area contributed by atoms with Crippen molar-refractivity contribution >= 4 is 46.7 Å². The van der Waals surface area contributed by atoms with E-state index in [1.807, 2.05) is 36.4 Å². The van der Waals surface area contributed by atoms with Crippen LogP contribution < -0.4 is 5.32 Å². The summed E-state index contributed by atoms with van der Waals surface area (Å²) in [4.78, 5) is 43.2. The van der Waals surface area contributed by atoms with Crippen LogP contribution in [0.5, 0.6) is 0 Å². The van der Waals surface area contributed by atoms with Crippen LogP contribution in [0, 0.1) is 0 Å². The highest BCUT2D eigenvalue weighted by molar-refractivity contribution is 8.18. The number of hydrogen-bond acceptors (Lipinski definition) is 6. The fourth-order valence-electron chi connectivity index (χ4n) is 2.64. The molecule has 1 N–H and O–H groups in total. The molecule has 1 aromatic carbocycles. The summed E-state index contributed by atoms with van der Waals surface area (Å²) in [6.45, 7) is 0.419. The second-order valence-corrected chi connectivity index (χ2v) is 8.40. The maximum atomic E-state index is 12.4. The van der Waals surface area contributed by atoms with Gasteiger partial charge in [0.2, 0.25) is 5.91 Å². The highest BCUT2D eigenvalue weighted by Crippen LogP contribution is 2.31. The monoisotopic (exact) mass is 427 g/mol. The third-order valence-corrected chi connectivity index (χ3v) is 6.08. The summed E-state index contributed by atoms with van der Waals surface area (Å²) in [6, 6.07) is 13.6. The van der Waals surface area contributed by atoms with E-state index >= 15 is 0 Å². The van der Waals surface area contributed by atoms with Gasteiger partial charge in [0.05, 0.1) is 4.91 Å². The predicted octanol–water partition coefficient (Wildman–Crippen LogP) is 3.81. The van der Waals surface area contributed by atoms with Gasteiger partial charge in [-0.3, -0.25) is 24.3 Å². The number of hydrogen-bond donors (Lipinski definition) is 1. The standard InChI is InChI=1S/C21H21N3O3S2/c25-19(9-5-13-28-17-7-2-1-3-8-17)23-11-12-24-20(26)18(29-21(24)27)14-16-6-4-10-22-15-16/h1-4,6-8,10,14-15H,5,9,11-13H2,(H,23,25). The van der Waals surface area contributed by atoms with Crippen LogP contribution in [0.1, 0.15) is 18.4 Å². The Hall–Kier alpha value is -2.58. The number of nitrogens with zero attached hydrogens (tertiary/aromatic N) is 2. The third kappa shape index (κ3) is 6.47. The molecule has 0 atom stereocenters. The molecule has 0 bridgehead atoms. The summed E-state index contributed by atoms with van der Waals surface area (Å²) < 4.78 is 0. The van der Waals surface area contributed by atoms with E-state index in [1.165, 1.54) is 9.80 Å². The molecule has 3 rings (SSSR count). The molecule has 0 saturated carbocycles. The second kappa shape index (κ2) is 10.8. The van der Waals surface area contributed by atoms with Crippen LogP contribution in [0.4, 0.5) is 4.79 Å². The third-order valence-electron chi connectivity index (χ3n) is 4.07. The minimum Gasteiger partial charge on any atom is -0.354 e. The number of nitrogens with one attached hydrogen (secondary N) is 1. The molecule has 3 amide bonds. The summed E-state index contributed by atoms with van der Waals surface area (Å²) in [5.74, 6) is 0.452. The molecule has 0 unspecified atom stereocenters. The normalized spacial score (nSPS) is 15.2. The molecule has 2 aromatic rings. The van der Waals surface area contributed by atoms with Gasteiger partial charge in [0, 0.05) is 36.8 Å². The molecule has 0 spiro atoms. The molecule has 8 heteroatoms. The Morgan fingerprint density at radius 1 is 1.17 bits per heavy atom. The van der Waals surface area contributed by atoms with Gasteiger partial charge in [-0.25, -0.2) is 0 Å². The van der Waals surface area contributed by atoms with Crippen molar-refractivity contribution in [2.24, 2.45) is 0 Å². The van der Waals surface area contributed by atoms with E-state index in [0.29, 0.717) is 11.3 Å². The first-order valence-corrected chi connectivity index (χ1v) is 11.0. The maximum absolute atomic E-state index is 12.4. The van der Waals surface area contributed by atoms with Crippen molar-refractivity contribution in [2.75, 3.05) is 18.8 Å². The Morgan fingerprint density at radius 2 is 2.00 bits per heavy atom. The van der Waals surface area contributed by atoms with Crippen LogP contribution in [-0.4, -0.2) is 45.8 Å². The lowest BCUT2D eigenvalue weighted by atomic mass is 10.2. The number of amides is 3. The van der Waals surface area contributed by atoms with Gasteiger partial charge in [-0.15, -0.1) is 11.8 Å². The minimum absolute atomic E-state index is 0.0727. The Labute approximate surface area is 178 Å². The fraction of sp³-hybridized carbons (Fsp3) is 0.238. The van der Waals surface area contributed by atoms with Gasteiger partial charge in [-0.1, -0.05) is 24.3 Å². The Morgan fingerprint density at radius 3 is 2.76 bits per heavy atom. The number of carbonyl (C=O) groups excluding carboxylic acids is 3. The zero-order valence-electron chi connectivity index (χ0n) is 15.7. The summed E-state index contributed by atoms with van der Waals surface area (Å²) in [5.41, 5.74) is 0.764. The molecule has 0 aliphatic carbocycles. The Balaban J connectivity index is 1.37. The first-order chi connectivity index (χ1) is 14.1. The maximum Gasteiger partial charge on any atom is 0.293 e. The predicted molar refractivity (Wildman–Crippen MR) is 116 cm³/mol. The number of rotatable bonds is 9. The van der Waals surface area contributed by atoms with Crippen molar-refractivity contribution in [3.63, 3.8) is 0 Å². The zero-order valence-corrected chi connectivity index (χ0v) is 17.4. The highest BCUT2D eigenvalue weighted by atomic mass is 32.2. The number of benzene rings is 1. The summed E-state index contributed by atoms with van der Waals surface area (Å²) in [7, 11) is 0.